The summed E-state index contributed by atoms with van der Waals surface area (Å²) < 4.78 is 6.00. The smallest absolute Gasteiger partial charge is 0.255 e. The molecule has 0 saturated carbocycles. The van der Waals surface area contributed by atoms with E-state index < -0.39 is 0 Å². The van der Waals surface area contributed by atoms with Crippen LogP contribution in [-0.2, 0) is 4.74 Å². The Labute approximate surface area is 104 Å². The molecule has 0 N–H and O–H groups in total. The van der Waals surface area contributed by atoms with Crippen LogP contribution in [0.25, 0.3) is 0 Å². The van der Waals surface area contributed by atoms with Gasteiger partial charge in [-0.25, -0.2) is 0 Å². The Kier molecular flexibility index (Phi) is 5.42. The number of carbonyl (C=O) groups excluding carboxylic acids is 1. The van der Waals surface area contributed by atoms with Gasteiger partial charge in [-0.2, -0.15) is 0 Å². The molecule has 1 aromatic rings. The highest BCUT2D eigenvalue weighted by Crippen LogP contribution is 2.10. The molecule has 1 rings (SSSR count). The van der Waals surface area contributed by atoms with Crippen LogP contribution in [0.1, 0.15) is 17.3 Å². The first-order valence-corrected chi connectivity index (χ1v) is 5.88. The highest BCUT2D eigenvalue weighted by atomic mass is 79.9. The predicted octanol–water partition coefficient (Wildman–Crippen LogP) is 1.95. The minimum Gasteiger partial charge on any atom is -0.380 e. The van der Waals surface area contributed by atoms with Gasteiger partial charge in [0.1, 0.15) is 0 Å². The summed E-state index contributed by atoms with van der Waals surface area (Å²) in [6, 6.07) is 1.76. The molecule has 1 heterocycles. The van der Waals surface area contributed by atoms with Crippen LogP contribution in [0, 0.1) is 0 Å². The van der Waals surface area contributed by atoms with E-state index in [-0.39, 0.29) is 5.91 Å². The highest BCUT2D eigenvalue weighted by molar-refractivity contribution is 9.10. The van der Waals surface area contributed by atoms with Crippen molar-refractivity contribution >= 4 is 21.8 Å². The minimum atomic E-state index is -0.0477. The van der Waals surface area contributed by atoms with Gasteiger partial charge in [-0.3, -0.25) is 9.78 Å². The fraction of sp³-hybridized carbons (Fsp3) is 0.455. The van der Waals surface area contributed by atoms with Crippen LogP contribution in [0.15, 0.2) is 22.9 Å². The van der Waals surface area contributed by atoms with Crippen LogP contribution in [0.2, 0.25) is 0 Å². The van der Waals surface area contributed by atoms with Crippen molar-refractivity contribution in [1.82, 2.24) is 9.88 Å². The maximum Gasteiger partial charge on any atom is 0.255 e. The molecule has 16 heavy (non-hydrogen) atoms. The molecule has 0 saturated heterocycles. The maximum atomic E-state index is 11.9. The molecule has 0 bridgehead atoms. The van der Waals surface area contributed by atoms with Crippen LogP contribution in [0.4, 0.5) is 0 Å². The first kappa shape index (κ1) is 13.1. The van der Waals surface area contributed by atoms with Gasteiger partial charge in [0.15, 0.2) is 0 Å². The Hall–Kier alpha value is -0.940. The summed E-state index contributed by atoms with van der Waals surface area (Å²) in [4.78, 5) is 17.5. The predicted molar refractivity (Wildman–Crippen MR) is 65.4 cm³/mol. The van der Waals surface area contributed by atoms with Gasteiger partial charge >= 0.3 is 0 Å². The monoisotopic (exact) mass is 286 g/mol. The lowest BCUT2D eigenvalue weighted by Crippen LogP contribution is -2.30. The zero-order valence-corrected chi connectivity index (χ0v) is 11.0. The van der Waals surface area contributed by atoms with Gasteiger partial charge in [-0.15, -0.1) is 0 Å². The summed E-state index contributed by atoms with van der Waals surface area (Å²) in [5.41, 5.74) is 0.577. The van der Waals surface area contributed by atoms with E-state index in [4.69, 9.17) is 4.74 Å². The number of rotatable bonds is 5. The first-order valence-electron chi connectivity index (χ1n) is 5.09. The summed E-state index contributed by atoms with van der Waals surface area (Å²) >= 11 is 3.29. The number of aromatic nitrogens is 1. The van der Waals surface area contributed by atoms with E-state index in [1.54, 1.807) is 30.4 Å². The van der Waals surface area contributed by atoms with E-state index in [1.165, 1.54) is 0 Å². The molecule has 4 nitrogen and oxygen atoms in total. The van der Waals surface area contributed by atoms with E-state index in [1.807, 2.05) is 6.92 Å². The SMILES string of the molecule is CCOCCN(C)C(=O)c1cncc(Br)c1. The van der Waals surface area contributed by atoms with Crippen LogP contribution in [-0.4, -0.2) is 42.6 Å². The quantitative estimate of drug-likeness (QED) is 0.777. The number of halogens is 1. The maximum absolute atomic E-state index is 11.9. The van der Waals surface area contributed by atoms with E-state index in [9.17, 15) is 4.79 Å². The van der Waals surface area contributed by atoms with E-state index in [0.29, 0.717) is 25.3 Å². The molecule has 0 spiro atoms. The van der Waals surface area contributed by atoms with E-state index in [0.717, 1.165) is 4.47 Å². The number of nitrogens with zero attached hydrogens (tertiary/aromatic N) is 2. The first-order chi connectivity index (χ1) is 7.65. The standard InChI is InChI=1S/C11H15BrN2O2/c1-3-16-5-4-14(2)11(15)9-6-10(12)8-13-7-9/h6-8H,3-5H2,1-2H3. The second-order valence-electron chi connectivity index (χ2n) is 3.32. The average Bonchev–Trinajstić information content (AvgIpc) is 2.28. The van der Waals surface area contributed by atoms with Gasteiger partial charge in [0.2, 0.25) is 0 Å². The molecule has 0 aliphatic heterocycles. The lowest BCUT2D eigenvalue weighted by atomic mass is 10.2. The van der Waals surface area contributed by atoms with Crippen molar-refractivity contribution in [3.63, 3.8) is 0 Å². The normalized spacial score (nSPS) is 10.2. The zero-order valence-electron chi connectivity index (χ0n) is 9.44. The average molecular weight is 287 g/mol. The molecule has 1 amide bonds. The van der Waals surface area contributed by atoms with Crippen molar-refractivity contribution in [3.05, 3.63) is 28.5 Å². The van der Waals surface area contributed by atoms with Crippen molar-refractivity contribution in [2.75, 3.05) is 26.8 Å². The molecule has 1 aromatic heterocycles. The molecule has 0 fully saturated rings. The van der Waals surface area contributed by atoms with Gasteiger partial charge in [0, 0.05) is 37.1 Å². The number of hydrogen-bond acceptors (Lipinski definition) is 3. The Bertz CT molecular complexity index is 358. The Morgan fingerprint density at radius 1 is 1.56 bits per heavy atom. The molecule has 5 heteroatoms. The van der Waals surface area contributed by atoms with Crippen molar-refractivity contribution < 1.29 is 9.53 Å². The highest BCUT2D eigenvalue weighted by Gasteiger charge is 2.11. The number of amides is 1. The fourth-order valence-corrected chi connectivity index (χ4v) is 1.56. The lowest BCUT2D eigenvalue weighted by molar-refractivity contribution is 0.0709. The van der Waals surface area contributed by atoms with Gasteiger partial charge in [-0.05, 0) is 28.9 Å². The Morgan fingerprint density at radius 2 is 2.31 bits per heavy atom. The van der Waals surface area contributed by atoms with Crippen LogP contribution in [0.3, 0.4) is 0 Å². The molecular weight excluding hydrogens is 272 g/mol. The lowest BCUT2D eigenvalue weighted by Gasteiger charge is -2.16. The van der Waals surface area contributed by atoms with Crippen molar-refractivity contribution in [2.24, 2.45) is 0 Å². The van der Waals surface area contributed by atoms with Crippen molar-refractivity contribution in [1.29, 1.82) is 0 Å². The zero-order chi connectivity index (χ0) is 12.0. The summed E-state index contributed by atoms with van der Waals surface area (Å²) in [6.45, 7) is 3.74. The molecule has 0 radical (unpaired) electrons. The minimum absolute atomic E-state index is 0.0477. The number of pyridine rings is 1. The fourth-order valence-electron chi connectivity index (χ4n) is 1.20. The molecule has 0 aromatic carbocycles. The second-order valence-corrected chi connectivity index (χ2v) is 4.23. The summed E-state index contributed by atoms with van der Waals surface area (Å²) in [5.74, 6) is -0.0477. The summed E-state index contributed by atoms with van der Waals surface area (Å²) in [5, 5.41) is 0. The third-order valence-corrected chi connectivity index (χ3v) is 2.51. The number of likely N-dealkylation sites (N-methyl/N-ethyl adjacent to an activating group) is 1. The molecule has 0 aliphatic rings. The van der Waals surface area contributed by atoms with E-state index >= 15 is 0 Å². The van der Waals surface area contributed by atoms with Gasteiger partial charge in [0.25, 0.3) is 5.91 Å². The topological polar surface area (TPSA) is 42.4 Å². The summed E-state index contributed by atoms with van der Waals surface area (Å²) in [7, 11) is 1.75. The van der Waals surface area contributed by atoms with Crippen LogP contribution < -0.4 is 0 Å². The molecule has 0 unspecified atom stereocenters. The number of carbonyl (C=O) groups is 1. The number of ether oxygens (including phenoxy) is 1. The molecule has 88 valence electrons. The molecule has 0 aliphatic carbocycles. The third kappa shape index (κ3) is 3.90. The van der Waals surface area contributed by atoms with Gasteiger partial charge < -0.3 is 9.64 Å². The largest absolute Gasteiger partial charge is 0.380 e. The van der Waals surface area contributed by atoms with Gasteiger partial charge in [-0.1, -0.05) is 0 Å². The second kappa shape index (κ2) is 6.60. The van der Waals surface area contributed by atoms with Gasteiger partial charge in [0.05, 0.1) is 12.2 Å². The van der Waals surface area contributed by atoms with Crippen molar-refractivity contribution in [3.8, 4) is 0 Å². The Balaban J connectivity index is 2.56. The van der Waals surface area contributed by atoms with E-state index in [2.05, 4.69) is 20.9 Å². The van der Waals surface area contributed by atoms with Crippen LogP contribution in [0.5, 0.6) is 0 Å². The number of hydrogen-bond donors (Lipinski definition) is 0. The molecule has 0 atom stereocenters. The third-order valence-electron chi connectivity index (χ3n) is 2.07. The van der Waals surface area contributed by atoms with Crippen molar-refractivity contribution in [2.45, 2.75) is 6.92 Å². The Morgan fingerprint density at radius 3 is 2.94 bits per heavy atom. The molecular formula is C11H15BrN2O2. The van der Waals surface area contributed by atoms with Crippen LogP contribution >= 0.6 is 15.9 Å². The summed E-state index contributed by atoms with van der Waals surface area (Å²) in [6.07, 6.45) is 3.21.